The Bertz CT molecular complexity index is 2320. The maximum absolute atomic E-state index is 13.9. The third-order valence-corrected chi connectivity index (χ3v) is 8.67. The van der Waals surface area contributed by atoms with Gasteiger partial charge in [-0.1, -0.05) is 30.2 Å². The molecule has 2 atom stereocenters. The summed E-state index contributed by atoms with van der Waals surface area (Å²) in [5.74, 6) is 0.178. The number of anilines is 1. The van der Waals surface area contributed by atoms with Crippen molar-refractivity contribution in [3.63, 3.8) is 0 Å². The van der Waals surface area contributed by atoms with Gasteiger partial charge in [-0.25, -0.2) is 24.3 Å². The van der Waals surface area contributed by atoms with E-state index in [4.69, 9.17) is 21.4 Å². The summed E-state index contributed by atoms with van der Waals surface area (Å²) in [4.78, 5) is 44.7. The molecule has 0 spiro atoms. The fourth-order valence-electron chi connectivity index (χ4n) is 5.79. The average Bonchev–Trinajstić information content (AvgIpc) is 3.79. The van der Waals surface area contributed by atoms with Crippen LogP contribution in [0.15, 0.2) is 78.5 Å². The van der Waals surface area contributed by atoms with E-state index in [9.17, 15) is 22.8 Å². The number of ether oxygens (including phenoxy) is 1. The zero-order valence-electron chi connectivity index (χ0n) is 26.9. The summed E-state index contributed by atoms with van der Waals surface area (Å²) in [6, 6.07) is 10.3. The summed E-state index contributed by atoms with van der Waals surface area (Å²) < 4.78 is 49.0. The number of carbonyl (C=O) groups is 1. The standard InChI is InChI=1S/C33H27ClF3N11O3/c1-18-4-3-5-26(23-10-19(8-9-38-23)31-24(42-32(18)50)14-48(44-31)28-13-29(51-2)40-16-39-28)46-17-41-22(12-30(46)49)21-11-20(34)6-7-25(21)47-15-27(43-45-47)33(35,36)37/h6-18,26H,3-5H2,1-2H3,(H,42,50). The lowest BCUT2D eigenvalue weighted by atomic mass is 9.97. The highest BCUT2D eigenvalue weighted by molar-refractivity contribution is 6.31. The van der Waals surface area contributed by atoms with Gasteiger partial charge >= 0.3 is 6.18 Å². The molecule has 0 saturated heterocycles. The lowest BCUT2D eigenvalue weighted by Crippen LogP contribution is -2.27. The van der Waals surface area contributed by atoms with E-state index in [0.29, 0.717) is 53.6 Å². The van der Waals surface area contributed by atoms with Crippen LogP contribution in [0.3, 0.4) is 0 Å². The Balaban J connectivity index is 1.29. The molecule has 7 rings (SSSR count). The van der Waals surface area contributed by atoms with Crippen molar-refractivity contribution in [2.24, 2.45) is 5.92 Å². The van der Waals surface area contributed by atoms with Crippen molar-refractivity contribution in [1.29, 1.82) is 0 Å². The van der Waals surface area contributed by atoms with Gasteiger partial charge in [0.15, 0.2) is 11.5 Å². The van der Waals surface area contributed by atoms with Crippen LogP contribution in [0.4, 0.5) is 18.9 Å². The van der Waals surface area contributed by atoms with Crippen LogP contribution in [0.25, 0.3) is 34.0 Å². The Labute approximate surface area is 291 Å². The van der Waals surface area contributed by atoms with Gasteiger partial charge in [0.25, 0.3) is 5.56 Å². The molecular formula is C33H27ClF3N11O3. The van der Waals surface area contributed by atoms with Crippen LogP contribution in [0, 0.1) is 5.92 Å². The number of nitrogens with zero attached hydrogens (tertiary/aromatic N) is 10. The van der Waals surface area contributed by atoms with E-state index in [0.717, 1.165) is 10.9 Å². The average molecular weight is 718 g/mol. The number of benzene rings is 1. The number of hydrogen-bond donors (Lipinski definition) is 1. The highest BCUT2D eigenvalue weighted by atomic mass is 35.5. The Kier molecular flexibility index (Phi) is 8.80. The number of hydrogen-bond acceptors (Lipinski definition) is 10. The summed E-state index contributed by atoms with van der Waals surface area (Å²) in [6.45, 7) is 1.82. The third-order valence-electron chi connectivity index (χ3n) is 8.44. The Morgan fingerprint density at radius 2 is 1.82 bits per heavy atom. The molecule has 1 aliphatic rings. The van der Waals surface area contributed by atoms with Gasteiger partial charge in [0.2, 0.25) is 11.8 Å². The number of rotatable bonds is 5. The number of halogens is 4. The van der Waals surface area contributed by atoms with Crippen molar-refractivity contribution >= 4 is 23.2 Å². The topological polar surface area (TPSA) is 160 Å². The van der Waals surface area contributed by atoms with Crippen molar-refractivity contribution in [3.05, 3.63) is 100 Å². The van der Waals surface area contributed by atoms with Gasteiger partial charge < -0.3 is 10.1 Å². The lowest BCUT2D eigenvalue weighted by molar-refractivity contribution is -0.141. The number of nitrogens with one attached hydrogen (secondary N) is 1. The second kappa shape index (κ2) is 13.4. The first-order chi connectivity index (χ1) is 24.5. The first-order valence-electron chi connectivity index (χ1n) is 15.6. The van der Waals surface area contributed by atoms with Crippen molar-refractivity contribution < 1.29 is 22.7 Å². The number of methoxy groups -OCH3 is 1. The van der Waals surface area contributed by atoms with Gasteiger partial charge in [-0.15, -0.1) is 5.10 Å². The number of amides is 1. The van der Waals surface area contributed by atoms with Crippen LogP contribution in [0.2, 0.25) is 5.02 Å². The molecule has 0 aliphatic carbocycles. The van der Waals surface area contributed by atoms with E-state index in [1.165, 1.54) is 53.3 Å². The highest BCUT2D eigenvalue weighted by Gasteiger charge is 2.35. The van der Waals surface area contributed by atoms with Crippen molar-refractivity contribution in [1.82, 2.24) is 49.3 Å². The van der Waals surface area contributed by atoms with E-state index >= 15 is 0 Å². The first-order valence-corrected chi connectivity index (χ1v) is 16.0. The van der Waals surface area contributed by atoms with E-state index in [2.05, 4.69) is 35.6 Å². The number of aromatic nitrogens is 10. The SMILES string of the molecule is COc1cc(-n2cc3c(n2)-c2ccnc(c2)C(n2cnc(-c4cc(Cl)ccc4-n4cc(C(F)(F)F)nn4)cc2=O)CCCC(C)C(=O)N3)ncn1. The molecule has 14 nitrogen and oxygen atoms in total. The molecular weight excluding hydrogens is 691 g/mol. The molecule has 0 fully saturated rings. The summed E-state index contributed by atoms with van der Waals surface area (Å²) >= 11 is 6.27. The van der Waals surface area contributed by atoms with Crippen molar-refractivity contribution in [2.45, 2.75) is 38.4 Å². The van der Waals surface area contributed by atoms with Gasteiger partial charge in [0.05, 0.1) is 54.6 Å². The van der Waals surface area contributed by atoms with Crippen LogP contribution in [0.5, 0.6) is 5.88 Å². The van der Waals surface area contributed by atoms with E-state index in [-0.39, 0.29) is 33.8 Å². The highest BCUT2D eigenvalue weighted by Crippen LogP contribution is 2.34. The molecule has 51 heavy (non-hydrogen) atoms. The van der Waals surface area contributed by atoms with Crippen LogP contribution < -0.4 is 15.6 Å². The predicted molar refractivity (Wildman–Crippen MR) is 178 cm³/mol. The van der Waals surface area contributed by atoms with Crippen LogP contribution in [-0.2, 0) is 11.0 Å². The zero-order chi connectivity index (χ0) is 35.9. The minimum absolute atomic E-state index is 0.162. The summed E-state index contributed by atoms with van der Waals surface area (Å²) in [5.41, 5.74) is 1.08. The Morgan fingerprint density at radius 3 is 2.59 bits per heavy atom. The monoisotopic (exact) mass is 717 g/mol. The van der Waals surface area contributed by atoms with E-state index < -0.39 is 23.5 Å². The molecule has 0 radical (unpaired) electrons. The van der Waals surface area contributed by atoms with Crippen LogP contribution in [0.1, 0.15) is 43.6 Å². The first kappa shape index (κ1) is 33.5. The Hall–Kier alpha value is -5.97. The molecule has 2 bridgehead atoms. The molecule has 2 unspecified atom stereocenters. The van der Waals surface area contributed by atoms with Gasteiger partial charge in [-0.3, -0.25) is 19.1 Å². The van der Waals surface area contributed by atoms with Gasteiger partial charge in [-0.05, 0) is 43.2 Å². The Morgan fingerprint density at radius 1 is 0.980 bits per heavy atom. The number of alkyl halides is 3. The molecule has 18 heteroatoms. The molecule has 1 amide bonds. The van der Waals surface area contributed by atoms with Gasteiger partial charge in [-0.2, -0.15) is 18.3 Å². The number of carbonyl (C=O) groups excluding carboxylic acids is 1. The quantitative estimate of drug-likeness (QED) is 0.239. The number of pyridine rings is 1. The van der Waals surface area contributed by atoms with Crippen molar-refractivity contribution in [3.8, 4) is 39.9 Å². The smallest absolute Gasteiger partial charge is 0.436 e. The molecule has 260 valence electrons. The second-order valence-corrected chi connectivity index (χ2v) is 12.2. The molecule has 6 aromatic rings. The molecule has 1 aromatic carbocycles. The molecule has 1 aliphatic heterocycles. The number of fused-ring (bicyclic) bond motifs is 4. The second-order valence-electron chi connectivity index (χ2n) is 11.8. The molecule has 0 saturated carbocycles. The summed E-state index contributed by atoms with van der Waals surface area (Å²) in [6.07, 6.45) is 3.54. The van der Waals surface area contributed by atoms with Crippen molar-refractivity contribution in [2.75, 3.05) is 12.4 Å². The largest absolute Gasteiger partial charge is 0.481 e. The zero-order valence-corrected chi connectivity index (χ0v) is 27.7. The van der Waals surface area contributed by atoms with E-state index in [1.54, 1.807) is 30.6 Å². The summed E-state index contributed by atoms with van der Waals surface area (Å²) in [7, 11) is 1.49. The third kappa shape index (κ3) is 6.79. The minimum atomic E-state index is -4.70. The predicted octanol–water partition coefficient (Wildman–Crippen LogP) is 5.56. The van der Waals surface area contributed by atoms with Crippen LogP contribution in [-0.4, -0.2) is 62.3 Å². The minimum Gasteiger partial charge on any atom is -0.481 e. The van der Waals surface area contributed by atoms with Gasteiger partial charge in [0.1, 0.15) is 12.0 Å². The molecule has 5 aromatic heterocycles. The maximum atomic E-state index is 13.9. The summed E-state index contributed by atoms with van der Waals surface area (Å²) in [5, 5.41) is 14.9. The maximum Gasteiger partial charge on any atom is 0.436 e. The molecule has 6 heterocycles. The van der Waals surface area contributed by atoms with Gasteiger partial charge in [0, 0.05) is 40.4 Å². The fraction of sp³-hybridized carbons (Fsp3) is 0.242. The molecule has 1 N–H and O–H groups in total. The van der Waals surface area contributed by atoms with Crippen LogP contribution >= 0.6 is 11.6 Å². The lowest BCUT2D eigenvalue weighted by Gasteiger charge is -2.22. The van der Waals surface area contributed by atoms with E-state index in [1.807, 2.05) is 6.92 Å². The fourth-order valence-corrected chi connectivity index (χ4v) is 5.96. The normalized spacial score (nSPS) is 16.5.